The zero-order valence-electron chi connectivity index (χ0n) is 5.66. The standard InChI is InChI=1S/C7H8O2S/c1-5-2-6-3-10-4-7(6)9-8-5/h3-5H,2H2,1H3. The molecule has 2 nitrogen and oxygen atoms in total. The molecule has 1 aliphatic heterocycles. The first-order chi connectivity index (χ1) is 4.86. The summed E-state index contributed by atoms with van der Waals surface area (Å²) in [6.45, 7) is 2.00. The predicted octanol–water partition coefficient (Wildman–Crippen LogP) is 2.00. The lowest BCUT2D eigenvalue weighted by Crippen LogP contribution is -2.18. The van der Waals surface area contributed by atoms with Gasteiger partial charge in [0.1, 0.15) is 6.10 Å². The van der Waals surface area contributed by atoms with Crippen molar-refractivity contribution >= 4 is 11.3 Å². The molecule has 2 heterocycles. The number of hydrogen-bond acceptors (Lipinski definition) is 3. The van der Waals surface area contributed by atoms with E-state index in [1.165, 1.54) is 5.56 Å². The molecule has 0 saturated heterocycles. The van der Waals surface area contributed by atoms with E-state index < -0.39 is 0 Å². The highest BCUT2D eigenvalue weighted by molar-refractivity contribution is 7.08. The summed E-state index contributed by atoms with van der Waals surface area (Å²) in [6.07, 6.45) is 1.17. The van der Waals surface area contributed by atoms with Crippen molar-refractivity contribution in [1.29, 1.82) is 0 Å². The normalized spacial score (nSPS) is 23.5. The minimum atomic E-state index is 0.196. The maximum absolute atomic E-state index is 4.99. The quantitative estimate of drug-likeness (QED) is 0.535. The molecule has 54 valence electrons. The van der Waals surface area contributed by atoms with Crippen LogP contribution in [0, 0.1) is 0 Å². The highest BCUT2D eigenvalue weighted by Crippen LogP contribution is 2.29. The van der Waals surface area contributed by atoms with E-state index in [1.807, 2.05) is 12.3 Å². The minimum absolute atomic E-state index is 0.196. The molecule has 0 spiro atoms. The summed E-state index contributed by atoms with van der Waals surface area (Å²) < 4.78 is 0. The second-order valence-corrected chi connectivity index (χ2v) is 3.20. The summed E-state index contributed by atoms with van der Waals surface area (Å²) in [6, 6.07) is 0. The Balaban J connectivity index is 2.30. The fraction of sp³-hybridized carbons (Fsp3) is 0.429. The summed E-state index contributed by atoms with van der Waals surface area (Å²) in [5.74, 6) is 0.892. The van der Waals surface area contributed by atoms with Crippen LogP contribution in [0.2, 0.25) is 0 Å². The summed E-state index contributed by atoms with van der Waals surface area (Å²) >= 11 is 1.65. The van der Waals surface area contributed by atoms with Gasteiger partial charge in [-0.2, -0.15) is 4.89 Å². The van der Waals surface area contributed by atoms with E-state index in [0.29, 0.717) is 0 Å². The fourth-order valence-corrected chi connectivity index (χ4v) is 1.77. The van der Waals surface area contributed by atoms with Crippen molar-refractivity contribution < 1.29 is 9.78 Å². The maximum Gasteiger partial charge on any atom is 0.179 e. The Kier molecular flexibility index (Phi) is 1.39. The molecule has 0 saturated carbocycles. The molecule has 0 aromatic carbocycles. The van der Waals surface area contributed by atoms with Crippen molar-refractivity contribution in [2.24, 2.45) is 0 Å². The van der Waals surface area contributed by atoms with Gasteiger partial charge in [-0.25, -0.2) is 0 Å². The summed E-state index contributed by atoms with van der Waals surface area (Å²) in [7, 11) is 0. The van der Waals surface area contributed by atoms with Crippen LogP contribution >= 0.6 is 11.3 Å². The molecule has 1 aliphatic rings. The van der Waals surface area contributed by atoms with Gasteiger partial charge in [-0.15, -0.1) is 11.3 Å². The molecule has 1 aromatic rings. The average Bonchev–Trinajstić information content (AvgIpc) is 2.33. The fourth-order valence-electron chi connectivity index (χ4n) is 1.01. The van der Waals surface area contributed by atoms with Crippen LogP contribution < -0.4 is 4.89 Å². The third kappa shape index (κ3) is 0.914. The van der Waals surface area contributed by atoms with Gasteiger partial charge in [-0.1, -0.05) is 0 Å². The van der Waals surface area contributed by atoms with E-state index >= 15 is 0 Å². The monoisotopic (exact) mass is 156 g/mol. The topological polar surface area (TPSA) is 18.5 Å². The Bertz CT molecular complexity index is 231. The number of hydrogen-bond donors (Lipinski definition) is 0. The second kappa shape index (κ2) is 2.25. The van der Waals surface area contributed by atoms with E-state index in [2.05, 4.69) is 5.38 Å². The molecule has 1 atom stereocenters. The molecule has 0 amide bonds. The lowest BCUT2D eigenvalue weighted by molar-refractivity contribution is -0.248. The molecule has 2 rings (SSSR count). The highest BCUT2D eigenvalue weighted by atomic mass is 32.1. The van der Waals surface area contributed by atoms with Gasteiger partial charge in [0.05, 0.1) is 0 Å². The van der Waals surface area contributed by atoms with Crippen molar-refractivity contribution in [2.75, 3.05) is 0 Å². The largest absolute Gasteiger partial charge is 0.336 e. The lowest BCUT2D eigenvalue weighted by Gasteiger charge is -2.17. The van der Waals surface area contributed by atoms with Crippen molar-refractivity contribution in [2.45, 2.75) is 19.4 Å². The molecule has 0 bridgehead atoms. The third-order valence-corrected chi connectivity index (χ3v) is 2.28. The zero-order valence-corrected chi connectivity index (χ0v) is 6.48. The molecule has 1 unspecified atom stereocenters. The van der Waals surface area contributed by atoms with E-state index in [1.54, 1.807) is 11.3 Å². The number of fused-ring (bicyclic) bond motifs is 1. The van der Waals surface area contributed by atoms with Crippen LogP contribution in [0.3, 0.4) is 0 Å². The summed E-state index contributed by atoms with van der Waals surface area (Å²) in [5, 5.41) is 4.07. The number of thiophene rings is 1. The van der Waals surface area contributed by atoms with Gasteiger partial charge in [0.2, 0.25) is 0 Å². The van der Waals surface area contributed by atoms with Crippen LogP contribution in [-0.2, 0) is 11.3 Å². The lowest BCUT2D eigenvalue weighted by atomic mass is 10.1. The van der Waals surface area contributed by atoms with Gasteiger partial charge < -0.3 is 4.89 Å². The van der Waals surface area contributed by atoms with Crippen LogP contribution in [0.15, 0.2) is 10.8 Å². The average molecular weight is 156 g/mol. The third-order valence-electron chi connectivity index (χ3n) is 1.51. The molecule has 0 aliphatic carbocycles. The van der Waals surface area contributed by atoms with Gasteiger partial charge in [0.15, 0.2) is 5.75 Å². The molecule has 10 heavy (non-hydrogen) atoms. The molecule has 1 aromatic heterocycles. The van der Waals surface area contributed by atoms with Gasteiger partial charge in [0.25, 0.3) is 0 Å². The highest BCUT2D eigenvalue weighted by Gasteiger charge is 2.17. The van der Waals surface area contributed by atoms with Crippen molar-refractivity contribution in [3.63, 3.8) is 0 Å². The maximum atomic E-state index is 4.99. The molecule has 0 N–H and O–H groups in total. The molecule has 3 heteroatoms. The zero-order chi connectivity index (χ0) is 6.97. The van der Waals surface area contributed by atoms with Crippen LogP contribution in [0.1, 0.15) is 12.5 Å². The first-order valence-corrected chi connectivity index (χ1v) is 4.19. The predicted molar refractivity (Wildman–Crippen MR) is 39.2 cm³/mol. The van der Waals surface area contributed by atoms with Gasteiger partial charge in [-0.3, -0.25) is 0 Å². The molecule has 0 fully saturated rings. The van der Waals surface area contributed by atoms with Crippen molar-refractivity contribution in [1.82, 2.24) is 0 Å². The Morgan fingerprint density at radius 3 is 3.40 bits per heavy atom. The smallest absolute Gasteiger partial charge is 0.179 e. The van der Waals surface area contributed by atoms with E-state index in [4.69, 9.17) is 9.78 Å². The molecular weight excluding hydrogens is 148 g/mol. The minimum Gasteiger partial charge on any atom is -0.336 e. The van der Waals surface area contributed by atoms with Gasteiger partial charge >= 0.3 is 0 Å². The first-order valence-electron chi connectivity index (χ1n) is 3.24. The van der Waals surface area contributed by atoms with Crippen LogP contribution in [0.5, 0.6) is 5.75 Å². The van der Waals surface area contributed by atoms with E-state index in [-0.39, 0.29) is 6.10 Å². The molecular formula is C7H8O2S. The van der Waals surface area contributed by atoms with Crippen LogP contribution in [-0.4, -0.2) is 6.10 Å². The molecule has 0 radical (unpaired) electrons. The van der Waals surface area contributed by atoms with Gasteiger partial charge in [-0.05, 0) is 12.3 Å². The Morgan fingerprint density at radius 2 is 2.50 bits per heavy atom. The first kappa shape index (κ1) is 6.19. The van der Waals surface area contributed by atoms with Crippen LogP contribution in [0.4, 0.5) is 0 Å². The van der Waals surface area contributed by atoms with E-state index in [0.717, 1.165) is 12.2 Å². The Labute approximate surface area is 63.3 Å². The summed E-state index contributed by atoms with van der Waals surface area (Å²) in [5.41, 5.74) is 1.27. The SMILES string of the molecule is CC1Cc2cscc2OO1. The van der Waals surface area contributed by atoms with E-state index in [9.17, 15) is 0 Å². The van der Waals surface area contributed by atoms with Gasteiger partial charge in [0, 0.05) is 17.4 Å². The Morgan fingerprint density at radius 1 is 1.60 bits per heavy atom. The second-order valence-electron chi connectivity index (χ2n) is 2.46. The summed E-state index contributed by atoms with van der Waals surface area (Å²) in [4.78, 5) is 9.96. The van der Waals surface area contributed by atoms with Crippen molar-refractivity contribution in [3.05, 3.63) is 16.3 Å². The van der Waals surface area contributed by atoms with Crippen molar-refractivity contribution in [3.8, 4) is 5.75 Å². The van der Waals surface area contributed by atoms with Crippen LogP contribution in [0.25, 0.3) is 0 Å². The number of rotatable bonds is 0. The Hall–Kier alpha value is -0.540.